The van der Waals surface area contributed by atoms with Crippen molar-refractivity contribution in [1.29, 1.82) is 0 Å². The smallest absolute Gasteiger partial charge is 0.0701 e. The van der Waals surface area contributed by atoms with Gasteiger partial charge in [0.15, 0.2) is 0 Å². The second-order valence-electron chi connectivity index (χ2n) is 4.63. The van der Waals surface area contributed by atoms with E-state index in [1.54, 1.807) is 7.11 Å². The Morgan fingerprint density at radius 3 is 2.18 bits per heavy atom. The Labute approximate surface area is 105 Å². The highest BCUT2D eigenvalue weighted by Crippen LogP contribution is 2.34. The van der Waals surface area contributed by atoms with Crippen LogP contribution in [0.4, 0.5) is 0 Å². The summed E-state index contributed by atoms with van der Waals surface area (Å²) in [4.78, 5) is 0. The molecular formula is C13H27NO3. The Kier molecular flexibility index (Phi) is 7.77. The molecule has 1 aliphatic carbocycles. The molecule has 0 aromatic rings. The summed E-state index contributed by atoms with van der Waals surface area (Å²) >= 11 is 0. The number of hydrogen-bond donors (Lipinski definition) is 1. The van der Waals surface area contributed by atoms with Gasteiger partial charge in [0.05, 0.1) is 33.0 Å². The molecule has 0 unspecified atom stereocenters. The van der Waals surface area contributed by atoms with Gasteiger partial charge in [-0.3, -0.25) is 0 Å². The molecule has 0 spiro atoms. The number of rotatable bonds is 11. The first-order valence-electron chi connectivity index (χ1n) is 6.72. The lowest BCUT2D eigenvalue weighted by molar-refractivity contribution is 0.0229. The minimum atomic E-state index is 0.429. The summed E-state index contributed by atoms with van der Waals surface area (Å²) in [6.45, 7) is 6.61. The largest absolute Gasteiger partial charge is 0.382 e. The molecular weight excluding hydrogens is 218 g/mol. The van der Waals surface area contributed by atoms with Crippen LogP contribution in [-0.2, 0) is 14.2 Å². The summed E-state index contributed by atoms with van der Waals surface area (Å²) in [7, 11) is 1.68. The van der Waals surface area contributed by atoms with Gasteiger partial charge in [0, 0.05) is 19.2 Å². The Morgan fingerprint density at radius 2 is 1.65 bits per heavy atom. The maximum atomic E-state index is 5.49. The van der Waals surface area contributed by atoms with Gasteiger partial charge in [-0.1, -0.05) is 6.92 Å². The summed E-state index contributed by atoms with van der Waals surface area (Å²) in [6, 6.07) is 0. The number of nitrogens with one attached hydrogen (secondary N) is 1. The zero-order valence-corrected chi connectivity index (χ0v) is 11.3. The lowest BCUT2D eigenvalue weighted by Crippen LogP contribution is -2.51. The van der Waals surface area contributed by atoms with Crippen LogP contribution >= 0.6 is 0 Å². The number of methoxy groups -OCH3 is 1. The predicted molar refractivity (Wildman–Crippen MR) is 68.4 cm³/mol. The number of ether oxygens (including phenoxy) is 3. The van der Waals surface area contributed by atoms with E-state index in [0.717, 1.165) is 13.2 Å². The maximum absolute atomic E-state index is 5.49. The fourth-order valence-electron chi connectivity index (χ4n) is 2.11. The predicted octanol–water partition coefficient (Wildman–Crippen LogP) is 1.59. The van der Waals surface area contributed by atoms with Gasteiger partial charge in [-0.25, -0.2) is 0 Å². The van der Waals surface area contributed by atoms with Crippen molar-refractivity contribution in [2.24, 2.45) is 0 Å². The van der Waals surface area contributed by atoms with E-state index in [1.165, 1.54) is 25.7 Å². The van der Waals surface area contributed by atoms with Gasteiger partial charge in [0.2, 0.25) is 0 Å². The van der Waals surface area contributed by atoms with E-state index in [9.17, 15) is 0 Å². The molecule has 4 nitrogen and oxygen atoms in total. The molecule has 1 rings (SSSR count). The van der Waals surface area contributed by atoms with Crippen LogP contribution in [0.25, 0.3) is 0 Å². The van der Waals surface area contributed by atoms with E-state index in [1.807, 2.05) is 0 Å². The summed E-state index contributed by atoms with van der Waals surface area (Å²) in [5.41, 5.74) is 0.429. The standard InChI is InChI=1S/C13H27NO3/c1-3-13(5-4-6-13)14-7-8-16-11-12-17-10-9-15-2/h14H,3-12H2,1-2H3. The second-order valence-corrected chi connectivity index (χ2v) is 4.63. The van der Waals surface area contributed by atoms with Crippen LogP contribution in [0.5, 0.6) is 0 Å². The average Bonchev–Trinajstić information content (AvgIpc) is 2.30. The van der Waals surface area contributed by atoms with Gasteiger partial charge in [-0.2, -0.15) is 0 Å². The molecule has 1 N–H and O–H groups in total. The maximum Gasteiger partial charge on any atom is 0.0701 e. The van der Waals surface area contributed by atoms with Crippen molar-refractivity contribution in [3.05, 3.63) is 0 Å². The molecule has 0 aromatic carbocycles. The van der Waals surface area contributed by atoms with E-state index >= 15 is 0 Å². The van der Waals surface area contributed by atoms with Crippen LogP contribution < -0.4 is 5.32 Å². The lowest BCUT2D eigenvalue weighted by Gasteiger charge is -2.42. The van der Waals surface area contributed by atoms with Crippen LogP contribution in [0.1, 0.15) is 32.6 Å². The Hall–Kier alpha value is -0.160. The Morgan fingerprint density at radius 1 is 1.00 bits per heavy atom. The minimum Gasteiger partial charge on any atom is -0.382 e. The van der Waals surface area contributed by atoms with Gasteiger partial charge in [-0.15, -0.1) is 0 Å². The first-order valence-corrected chi connectivity index (χ1v) is 6.72. The van der Waals surface area contributed by atoms with Gasteiger partial charge in [0.1, 0.15) is 0 Å². The molecule has 1 fully saturated rings. The van der Waals surface area contributed by atoms with Crippen molar-refractivity contribution in [2.75, 3.05) is 46.7 Å². The molecule has 0 heterocycles. The van der Waals surface area contributed by atoms with E-state index in [2.05, 4.69) is 12.2 Å². The molecule has 0 radical (unpaired) electrons. The van der Waals surface area contributed by atoms with Crippen molar-refractivity contribution >= 4 is 0 Å². The normalized spacial score (nSPS) is 18.0. The monoisotopic (exact) mass is 245 g/mol. The fourth-order valence-corrected chi connectivity index (χ4v) is 2.11. The highest BCUT2D eigenvalue weighted by Gasteiger charge is 2.33. The molecule has 0 bridgehead atoms. The van der Waals surface area contributed by atoms with Crippen molar-refractivity contribution in [3.63, 3.8) is 0 Å². The lowest BCUT2D eigenvalue weighted by atomic mass is 9.75. The molecule has 17 heavy (non-hydrogen) atoms. The molecule has 0 aliphatic heterocycles. The first-order chi connectivity index (χ1) is 8.33. The number of hydrogen-bond acceptors (Lipinski definition) is 4. The third-order valence-electron chi connectivity index (χ3n) is 3.54. The van der Waals surface area contributed by atoms with Crippen molar-refractivity contribution in [2.45, 2.75) is 38.1 Å². The first kappa shape index (κ1) is 14.9. The summed E-state index contributed by atoms with van der Waals surface area (Å²) in [5, 5.41) is 3.61. The molecule has 1 saturated carbocycles. The van der Waals surface area contributed by atoms with Crippen LogP contribution in [0.3, 0.4) is 0 Å². The third kappa shape index (κ3) is 5.82. The van der Waals surface area contributed by atoms with E-state index in [-0.39, 0.29) is 0 Å². The van der Waals surface area contributed by atoms with E-state index in [4.69, 9.17) is 14.2 Å². The molecule has 1 aliphatic rings. The fraction of sp³-hybridized carbons (Fsp3) is 1.00. The SMILES string of the molecule is CCC1(NCCOCCOCCOC)CCC1. The van der Waals surface area contributed by atoms with Crippen LogP contribution in [0, 0.1) is 0 Å². The van der Waals surface area contributed by atoms with Crippen LogP contribution in [0.2, 0.25) is 0 Å². The Balaban J connectivity index is 1.81. The van der Waals surface area contributed by atoms with Crippen molar-refractivity contribution in [1.82, 2.24) is 5.32 Å². The molecule has 0 atom stereocenters. The Bertz CT molecular complexity index is 178. The molecule has 0 saturated heterocycles. The van der Waals surface area contributed by atoms with Crippen molar-refractivity contribution < 1.29 is 14.2 Å². The average molecular weight is 245 g/mol. The quantitative estimate of drug-likeness (QED) is 0.561. The highest BCUT2D eigenvalue weighted by atomic mass is 16.5. The van der Waals surface area contributed by atoms with E-state index in [0.29, 0.717) is 32.0 Å². The summed E-state index contributed by atoms with van der Waals surface area (Å²) < 4.78 is 15.7. The molecule has 0 amide bonds. The van der Waals surface area contributed by atoms with Crippen LogP contribution in [-0.4, -0.2) is 52.2 Å². The van der Waals surface area contributed by atoms with Crippen molar-refractivity contribution in [3.8, 4) is 0 Å². The second kappa shape index (κ2) is 8.86. The summed E-state index contributed by atoms with van der Waals surface area (Å²) in [5.74, 6) is 0. The van der Waals surface area contributed by atoms with Gasteiger partial charge < -0.3 is 19.5 Å². The highest BCUT2D eigenvalue weighted by molar-refractivity contribution is 4.94. The topological polar surface area (TPSA) is 39.7 Å². The minimum absolute atomic E-state index is 0.429. The zero-order valence-electron chi connectivity index (χ0n) is 11.3. The molecule has 102 valence electrons. The summed E-state index contributed by atoms with van der Waals surface area (Å²) in [6.07, 6.45) is 5.25. The molecule has 4 heteroatoms. The zero-order chi connectivity index (χ0) is 12.4. The van der Waals surface area contributed by atoms with Gasteiger partial charge >= 0.3 is 0 Å². The van der Waals surface area contributed by atoms with Gasteiger partial charge in [-0.05, 0) is 25.7 Å². The van der Waals surface area contributed by atoms with E-state index < -0.39 is 0 Å². The van der Waals surface area contributed by atoms with Gasteiger partial charge in [0.25, 0.3) is 0 Å². The molecule has 0 aromatic heterocycles. The third-order valence-corrected chi connectivity index (χ3v) is 3.54. The van der Waals surface area contributed by atoms with Crippen LogP contribution in [0.15, 0.2) is 0 Å².